The minimum atomic E-state index is 0.223. The maximum Gasteiger partial charge on any atom is 0.157 e. The summed E-state index contributed by atoms with van der Waals surface area (Å²) >= 11 is 0. The summed E-state index contributed by atoms with van der Waals surface area (Å²) < 4.78 is 5.46. The number of fused-ring (bicyclic) bond motifs is 1. The minimum absolute atomic E-state index is 0.223. The van der Waals surface area contributed by atoms with Gasteiger partial charge < -0.3 is 4.52 Å². The van der Waals surface area contributed by atoms with Gasteiger partial charge in [-0.05, 0) is 45.7 Å². The highest BCUT2D eigenvalue weighted by molar-refractivity contribution is 5.18. The van der Waals surface area contributed by atoms with E-state index in [0.29, 0.717) is 0 Å². The second kappa shape index (κ2) is 2.83. The molecule has 0 N–H and O–H groups in total. The van der Waals surface area contributed by atoms with Crippen LogP contribution in [0.3, 0.4) is 0 Å². The van der Waals surface area contributed by atoms with Crippen molar-refractivity contribution >= 4 is 0 Å². The fourth-order valence-electron chi connectivity index (χ4n) is 3.09. The summed E-state index contributed by atoms with van der Waals surface area (Å²) in [7, 11) is 0. The first-order valence-corrected chi connectivity index (χ1v) is 5.50. The van der Waals surface area contributed by atoms with Gasteiger partial charge in [-0.1, -0.05) is 5.16 Å². The van der Waals surface area contributed by atoms with Crippen LogP contribution in [0.15, 0.2) is 10.6 Å². The van der Waals surface area contributed by atoms with E-state index >= 15 is 0 Å². The topological polar surface area (TPSA) is 29.3 Å². The van der Waals surface area contributed by atoms with Crippen LogP contribution in [-0.2, 0) is 5.54 Å². The molecule has 3 heteroatoms. The molecule has 0 spiro atoms. The summed E-state index contributed by atoms with van der Waals surface area (Å²) in [6.45, 7) is 4.47. The third-order valence-corrected chi connectivity index (χ3v) is 3.73. The van der Waals surface area contributed by atoms with Crippen molar-refractivity contribution in [2.45, 2.75) is 38.1 Å². The van der Waals surface area contributed by atoms with E-state index in [4.69, 9.17) is 4.52 Å². The number of hydrogen-bond donors (Lipinski definition) is 0. The predicted octanol–water partition coefficient (Wildman–Crippen LogP) is 2.07. The first-order valence-electron chi connectivity index (χ1n) is 5.50. The van der Waals surface area contributed by atoms with Gasteiger partial charge in [-0.2, -0.15) is 0 Å². The van der Waals surface area contributed by atoms with Crippen LogP contribution in [0, 0.1) is 6.92 Å². The molecule has 2 saturated heterocycles. The van der Waals surface area contributed by atoms with Crippen LogP contribution in [0.4, 0.5) is 0 Å². The normalized spacial score (nSPS) is 25.5. The van der Waals surface area contributed by atoms with Crippen LogP contribution in [0.2, 0.25) is 0 Å². The highest BCUT2D eigenvalue weighted by Crippen LogP contribution is 2.46. The zero-order chi connectivity index (χ0) is 9.60. The summed E-state index contributed by atoms with van der Waals surface area (Å²) in [5, 5.41) is 4.01. The quantitative estimate of drug-likeness (QED) is 0.682. The van der Waals surface area contributed by atoms with E-state index < -0.39 is 0 Å². The molecule has 1 aromatic rings. The SMILES string of the molecule is Cc1cc(C23CCCN2CCC3)on1. The lowest BCUT2D eigenvalue weighted by Crippen LogP contribution is -2.34. The van der Waals surface area contributed by atoms with E-state index in [1.54, 1.807) is 0 Å². The summed E-state index contributed by atoms with van der Waals surface area (Å²) in [6, 6.07) is 2.11. The van der Waals surface area contributed by atoms with Gasteiger partial charge in [0.15, 0.2) is 5.76 Å². The Labute approximate surface area is 84.1 Å². The lowest BCUT2D eigenvalue weighted by molar-refractivity contribution is 0.150. The molecule has 3 nitrogen and oxygen atoms in total. The number of nitrogens with zero attached hydrogens (tertiary/aromatic N) is 2. The molecule has 0 aliphatic carbocycles. The molecule has 3 rings (SSSR count). The largest absolute Gasteiger partial charge is 0.359 e. The van der Waals surface area contributed by atoms with Crippen molar-refractivity contribution in [1.82, 2.24) is 10.1 Å². The van der Waals surface area contributed by atoms with Gasteiger partial charge in [-0.15, -0.1) is 0 Å². The zero-order valence-corrected chi connectivity index (χ0v) is 8.62. The highest BCUT2D eigenvalue weighted by atomic mass is 16.5. The molecule has 0 saturated carbocycles. The average Bonchev–Trinajstić information content (AvgIpc) is 2.75. The van der Waals surface area contributed by atoms with Gasteiger partial charge in [0, 0.05) is 6.07 Å². The van der Waals surface area contributed by atoms with Crippen molar-refractivity contribution in [2.24, 2.45) is 0 Å². The number of rotatable bonds is 1. The van der Waals surface area contributed by atoms with Gasteiger partial charge in [0.2, 0.25) is 0 Å². The van der Waals surface area contributed by atoms with Gasteiger partial charge in [0.05, 0.1) is 11.2 Å². The van der Waals surface area contributed by atoms with Gasteiger partial charge >= 0.3 is 0 Å². The number of aryl methyl sites for hydroxylation is 1. The predicted molar refractivity (Wildman–Crippen MR) is 53.0 cm³/mol. The monoisotopic (exact) mass is 192 g/mol. The first-order chi connectivity index (χ1) is 6.81. The Hall–Kier alpha value is -0.830. The Morgan fingerprint density at radius 1 is 1.36 bits per heavy atom. The summed E-state index contributed by atoms with van der Waals surface area (Å²) in [6.07, 6.45) is 5.11. The molecule has 2 fully saturated rings. The molecule has 0 aromatic carbocycles. The molecular formula is C11H16N2O. The average molecular weight is 192 g/mol. The van der Waals surface area contributed by atoms with E-state index in [0.717, 1.165) is 11.5 Å². The van der Waals surface area contributed by atoms with Crippen molar-refractivity contribution in [3.63, 3.8) is 0 Å². The highest BCUT2D eigenvalue weighted by Gasteiger charge is 2.48. The van der Waals surface area contributed by atoms with Gasteiger partial charge in [0.25, 0.3) is 0 Å². The maximum atomic E-state index is 5.46. The Kier molecular flexibility index (Phi) is 1.71. The van der Waals surface area contributed by atoms with Crippen LogP contribution in [-0.4, -0.2) is 23.1 Å². The van der Waals surface area contributed by atoms with Gasteiger partial charge in [0.1, 0.15) is 0 Å². The van der Waals surface area contributed by atoms with E-state index in [2.05, 4.69) is 16.1 Å². The number of hydrogen-bond acceptors (Lipinski definition) is 3. The Balaban J connectivity index is 2.02. The number of aromatic nitrogens is 1. The van der Waals surface area contributed by atoms with Crippen molar-refractivity contribution < 1.29 is 4.52 Å². The molecule has 0 unspecified atom stereocenters. The lowest BCUT2D eigenvalue weighted by Gasteiger charge is -2.28. The molecular weight excluding hydrogens is 176 g/mol. The van der Waals surface area contributed by atoms with Crippen LogP contribution in [0.25, 0.3) is 0 Å². The fourth-order valence-corrected chi connectivity index (χ4v) is 3.09. The van der Waals surface area contributed by atoms with E-state index in [-0.39, 0.29) is 5.54 Å². The molecule has 2 aliphatic heterocycles. The summed E-state index contributed by atoms with van der Waals surface area (Å²) in [4.78, 5) is 2.58. The molecule has 3 heterocycles. The van der Waals surface area contributed by atoms with E-state index in [1.807, 2.05) is 6.92 Å². The standard InChI is InChI=1S/C11H16N2O/c1-9-8-10(14-12-9)11-4-2-6-13(11)7-3-5-11/h8H,2-7H2,1H3. The minimum Gasteiger partial charge on any atom is -0.359 e. The zero-order valence-electron chi connectivity index (χ0n) is 8.62. The smallest absolute Gasteiger partial charge is 0.157 e. The molecule has 14 heavy (non-hydrogen) atoms. The van der Waals surface area contributed by atoms with Crippen molar-refractivity contribution in [3.05, 3.63) is 17.5 Å². The molecule has 0 atom stereocenters. The molecule has 0 radical (unpaired) electrons. The second-order valence-electron chi connectivity index (χ2n) is 4.56. The molecule has 0 bridgehead atoms. The lowest BCUT2D eigenvalue weighted by atomic mass is 9.91. The molecule has 76 valence electrons. The maximum absolute atomic E-state index is 5.46. The Bertz CT molecular complexity index is 335. The first kappa shape index (κ1) is 8.48. The Morgan fingerprint density at radius 3 is 2.64 bits per heavy atom. The Morgan fingerprint density at radius 2 is 2.07 bits per heavy atom. The summed E-state index contributed by atoms with van der Waals surface area (Å²) in [5.41, 5.74) is 1.23. The summed E-state index contributed by atoms with van der Waals surface area (Å²) in [5.74, 6) is 1.10. The third kappa shape index (κ3) is 0.989. The van der Waals surface area contributed by atoms with Crippen LogP contribution in [0.5, 0.6) is 0 Å². The second-order valence-corrected chi connectivity index (χ2v) is 4.56. The van der Waals surface area contributed by atoms with Crippen molar-refractivity contribution in [2.75, 3.05) is 13.1 Å². The molecule has 1 aromatic heterocycles. The molecule has 2 aliphatic rings. The van der Waals surface area contributed by atoms with Crippen LogP contribution < -0.4 is 0 Å². The van der Waals surface area contributed by atoms with Crippen molar-refractivity contribution in [3.8, 4) is 0 Å². The van der Waals surface area contributed by atoms with E-state index in [1.165, 1.54) is 38.8 Å². The van der Waals surface area contributed by atoms with E-state index in [9.17, 15) is 0 Å². The third-order valence-electron chi connectivity index (χ3n) is 3.73. The van der Waals surface area contributed by atoms with Gasteiger partial charge in [-0.25, -0.2) is 0 Å². The van der Waals surface area contributed by atoms with Gasteiger partial charge in [-0.3, -0.25) is 4.90 Å². The van der Waals surface area contributed by atoms with Crippen molar-refractivity contribution in [1.29, 1.82) is 0 Å². The van der Waals surface area contributed by atoms with Crippen LogP contribution >= 0.6 is 0 Å². The molecule has 0 amide bonds. The fraction of sp³-hybridized carbons (Fsp3) is 0.727. The van der Waals surface area contributed by atoms with Crippen LogP contribution in [0.1, 0.15) is 37.1 Å².